The molecule has 1 atom stereocenters. The van der Waals surface area contributed by atoms with Gasteiger partial charge in [0.05, 0.1) is 6.10 Å². The van der Waals surface area contributed by atoms with Crippen molar-refractivity contribution in [1.29, 1.82) is 0 Å². The Morgan fingerprint density at radius 2 is 2.05 bits per heavy atom. The lowest BCUT2D eigenvalue weighted by Gasteiger charge is -2.22. The van der Waals surface area contributed by atoms with Crippen molar-refractivity contribution in [2.45, 2.75) is 25.4 Å². The number of aromatic nitrogens is 2. The smallest absolute Gasteiger partial charge is 0.219 e. The van der Waals surface area contributed by atoms with Crippen LogP contribution in [0.25, 0.3) is 11.4 Å². The molecule has 21 heavy (non-hydrogen) atoms. The lowest BCUT2D eigenvalue weighted by molar-refractivity contribution is -0.0119. The van der Waals surface area contributed by atoms with Crippen LogP contribution in [0.2, 0.25) is 0 Å². The number of benzene rings is 1. The minimum absolute atomic E-state index is 0.148. The Balaban J connectivity index is 1.72. The predicted octanol–water partition coefficient (Wildman–Crippen LogP) is 2.67. The van der Waals surface area contributed by atoms with Gasteiger partial charge in [-0.05, 0) is 19.3 Å². The fourth-order valence-corrected chi connectivity index (χ4v) is 2.35. The van der Waals surface area contributed by atoms with E-state index in [0.717, 1.165) is 25.0 Å². The SMILES string of the molecule is Nc1cc(OCC2CCCCO2)nc(-c2ccccc2)n1. The van der Waals surface area contributed by atoms with Crippen LogP contribution < -0.4 is 10.5 Å². The van der Waals surface area contributed by atoms with Crippen LogP contribution in [0.3, 0.4) is 0 Å². The third-order valence-corrected chi connectivity index (χ3v) is 3.45. The van der Waals surface area contributed by atoms with E-state index >= 15 is 0 Å². The van der Waals surface area contributed by atoms with Gasteiger partial charge >= 0.3 is 0 Å². The molecule has 5 nitrogen and oxygen atoms in total. The third kappa shape index (κ3) is 3.70. The van der Waals surface area contributed by atoms with E-state index in [1.165, 1.54) is 6.42 Å². The van der Waals surface area contributed by atoms with Crippen LogP contribution in [0.1, 0.15) is 19.3 Å². The second-order valence-corrected chi connectivity index (χ2v) is 5.12. The summed E-state index contributed by atoms with van der Waals surface area (Å²) in [4.78, 5) is 8.67. The van der Waals surface area contributed by atoms with Crippen molar-refractivity contribution in [2.24, 2.45) is 0 Å². The molecular formula is C16H19N3O2. The molecule has 3 rings (SSSR count). The molecule has 1 saturated heterocycles. The first-order valence-corrected chi connectivity index (χ1v) is 7.25. The highest BCUT2D eigenvalue weighted by Crippen LogP contribution is 2.21. The molecular weight excluding hydrogens is 266 g/mol. The van der Waals surface area contributed by atoms with E-state index in [-0.39, 0.29) is 6.10 Å². The fraction of sp³-hybridized carbons (Fsp3) is 0.375. The highest BCUT2D eigenvalue weighted by molar-refractivity contribution is 5.57. The molecule has 1 aliphatic heterocycles. The van der Waals surface area contributed by atoms with Crippen molar-refractivity contribution in [2.75, 3.05) is 18.9 Å². The average molecular weight is 285 g/mol. The van der Waals surface area contributed by atoms with Gasteiger partial charge in [-0.3, -0.25) is 0 Å². The maximum atomic E-state index is 5.84. The van der Waals surface area contributed by atoms with Gasteiger partial charge in [0.25, 0.3) is 0 Å². The molecule has 2 aromatic rings. The largest absolute Gasteiger partial charge is 0.475 e. The standard InChI is InChI=1S/C16H19N3O2/c17-14-10-15(21-11-13-8-4-5-9-20-13)19-16(18-14)12-6-2-1-3-7-12/h1-3,6-7,10,13H,4-5,8-9,11H2,(H2,17,18,19). The minimum Gasteiger partial charge on any atom is -0.475 e. The van der Waals surface area contributed by atoms with Gasteiger partial charge < -0.3 is 15.2 Å². The highest BCUT2D eigenvalue weighted by atomic mass is 16.5. The molecule has 0 radical (unpaired) electrons. The summed E-state index contributed by atoms with van der Waals surface area (Å²) in [6.45, 7) is 1.32. The number of nitrogen functional groups attached to an aromatic ring is 1. The summed E-state index contributed by atoms with van der Waals surface area (Å²) in [7, 11) is 0. The van der Waals surface area contributed by atoms with Crippen LogP contribution in [0, 0.1) is 0 Å². The van der Waals surface area contributed by atoms with Crippen molar-refractivity contribution in [3.8, 4) is 17.3 Å². The summed E-state index contributed by atoms with van der Waals surface area (Å²) < 4.78 is 11.4. The first-order chi connectivity index (χ1) is 10.3. The Hall–Kier alpha value is -2.14. The van der Waals surface area contributed by atoms with Gasteiger partial charge in [0.15, 0.2) is 5.82 Å². The summed E-state index contributed by atoms with van der Waals surface area (Å²) >= 11 is 0. The van der Waals surface area contributed by atoms with Gasteiger partial charge in [-0.1, -0.05) is 30.3 Å². The van der Waals surface area contributed by atoms with Gasteiger partial charge in [0.2, 0.25) is 5.88 Å². The van der Waals surface area contributed by atoms with E-state index in [2.05, 4.69) is 9.97 Å². The minimum atomic E-state index is 0.148. The molecule has 1 aliphatic rings. The predicted molar refractivity (Wildman–Crippen MR) is 81.0 cm³/mol. The normalized spacial score (nSPS) is 18.4. The van der Waals surface area contributed by atoms with Crippen molar-refractivity contribution in [3.05, 3.63) is 36.4 Å². The van der Waals surface area contributed by atoms with Crippen LogP contribution >= 0.6 is 0 Å². The topological polar surface area (TPSA) is 70.3 Å². The first kappa shape index (κ1) is 13.8. The summed E-state index contributed by atoms with van der Waals surface area (Å²) in [5.74, 6) is 1.48. The molecule has 1 aromatic heterocycles. The summed E-state index contributed by atoms with van der Waals surface area (Å²) in [6.07, 6.45) is 3.51. The van der Waals surface area contributed by atoms with E-state index in [1.54, 1.807) is 6.07 Å². The van der Waals surface area contributed by atoms with E-state index in [9.17, 15) is 0 Å². The summed E-state index contributed by atoms with van der Waals surface area (Å²) in [6, 6.07) is 11.4. The molecule has 2 heterocycles. The molecule has 110 valence electrons. The molecule has 0 amide bonds. The lowest BCUT2D eigenvalue weighted by atomic mass is 10.1. The Bertz CT molecular complexity index is 583. The second-order valence-electron chi connectivity index (χ2n) is 5.12. The zero-order valence-electron chi connectivity index (χ0n) is 11.9. The summed E-state index contributed by atoms with van der Waals surface area (Å²) in [5, 5.41) is 0. The molecule has 1 unspecified atom stereocenters. The van der Waals surface area contributed by atoms with Crippen LogP contribution in [0.5, 0.6) is 5.88 Å². The Morgan fingerprint density at radius 3 is 2.81 bits per heavy atom. The van der Waals surface area contributed by atoms with Crippen LogP contribution in [-0.2, 0) is 4.74 Å². The van der Waals surface area contributed by atoms with Gasteiger partial charge in [0, 0.05) is 18.2 Å². The van der Waals surface area contributed by atoms with Crippen molar-refractivity contribution >= 4 is 5.82 Å². The number of hydrogen-bond acceptors (Lipinski definition) is 5. The molecule has 0 saturated carbocycles. The second kappa shape index (κ2) is 6.54. The zero-order chi connectivity index (χ0) is 14.5. The lowest BCUT2D eigenvalue weighted by Crippen LogP contribution is -2.26. The monoisotopic (exact) mass is 285 g/mol. The first-order valence-electron chi connectivity index (χ1n) is 7.25. The molecule has 0 spiro atoms. The van der Waals surface area contributed by atoms with Gasteiger partial charge in [0.1, 0.15) is 12.4 Å². The molecule has 2 N–H and O–H groups in total. The Morgan fingerprint density at radius 1 is 1.19 bits per heavy atom. The van der Waals surface area contributed by atoms with Crippen LogP contribution in [-0.4, -0.2) is 29.3 Å². The van der Waals surface area contributed by atoms with Crippen LogP contribution in [0.4, 0.5) is 5.82 Å². The number of ether oxygens (including phenoxy) is 2. The number of rotatable bonds is 4. The van der Waals surface area contributed by atoms with Gasteiger partial charge in [-0.15, -0.1) is 0 Å². The molecule has 1 aromatic carbocycles. The van der Waals surface area contributed by atoms with Crippen LogP contribution in [0.15, 0.2) is 36.4 Å². The van der Waals surface area contributed by atoms with Crippen molar-refractivity contribution in [3.63, 3.8) is 0 Å². The highest BCUT2D eigenvalue weighted by Gasteiger charge is 2.15. The number of hydrogen-bond donors (Lipinski definition) is 1. The molecule has 0 aliphatic carbocycles. The Kier molecular flexibility index (Phi) is 4.31. The maximum absolute atomic E-state index is 5.84. The number of anilines is 1. The zero-order valence-corrected chi connectivity index (χ0v) is 11.9. The van der Waals surface area contributed by atoms with Crippen molar-refractivity contribution in [1.82, 2.24) is 9.97 Å². The molecule has 1 fully saturated rings. The van der Waals surface area contributed by atoms with Gasteiger partial charge in [-0.25, -0.2) is 4.98 Å². The fourth-order valence-electron chi connectivity index (χ4n) is 2.35. The maximum Gasteiger partial charge on any atom is 0.219 e. The molecule has 5 heteroatoms. The summed E-state index contributed by atoms with van der Waals surface area (Å²) in [5.41, 5.74) is 6.76. The van der Waals surface area contributed by atoms with E-state index in [0.29, 0.717) is 24.1 Å². The average Bonchev–Trinajstić information content (AvgIpc) is 2.54. The molecule has 0 bridgehead atoms. The van der Waals surface area contributed by atoms with E-state index in [1.807, 2.05) is 30.3 Å². The quantitative estimate of drug-likeness (QED) is 0.935. The Labute approximate surface area is 124 Å². The third-order valence-electron chi connectivity index (χ3n) is 3.45. The number of nitrogens with two attached hydrogens (primary N) is 1. The van der Waals surface area contributed by atoms with E-state index in [4.69, 9.17) is 15.2 Å². The van der Waals surface area contributed by atoms with E-state index < -0.39 is 0 Å². The van der Waals surface area contributed by atoms with Gasteiger partial charge in [-0.2, -0.15) is 4.98 Å². The van der Waals surface area contributed by atoms with Crippen molar-refractivity contribution < 1.29 is 9.47 Å². The number of nitrogens with zero attached hydrogens (tertiary/aromatic N) is 2.